The van der Waals surface area contributed by atoms with E-state index in [2.05, 4.69) is 0 Å². The van der Waals surface area contributed by atoms with E-state index in [1.54, 1.807) is 17.0 Å². The van der Waals surface area contributed by atoms with E-state index in [9.17, 15) is 13.2 Å². The Labute approximate surface area is 112 Å². The molecule has 0 fully saturated rings. The SMILES string of the molecule is CC(=O)N1CCc2cc(S(=O)(=O)CCCO)ccc21. The van der Waals surface area contributed by atoms with Crippen molar-refractivity contribution >= 4 is 21.4 Å². The normalized spacial score (nSPS) is 14.5. The van der Waals surface area contributed by atoms with Crippen molar-refractivity contribution in [1.82, 2.24) is 0 Å². The van der Waals surface area contributed by atoms with Crippen molar-refractivity contribution in [3.05, 3.63) is 23.8 Å². The number of hydrogen-bond donors (Lipinski definition) is 1. The molecule has 0 aliphatic carbocycles. The highest BCUT2D eigenvalue weighted by Gasteiger charge is 2.24. The summed E-state index contributed by atoms with van der Waals surface area (Å²) in [6.07, 6.45) is 0.914. The van der Waals surface area contributed by atoms with Crippen LogP contribution in [0.2, 0.25) is 0 Å². The van der Waals surface area contributed by atoms with Gasteiger partial charge in [-0.25, -0.2) is 8.42 Å². The number of sulfone groups is 1. The third kappa shape index (κ3) is 2.79. The molecule has 1 aliphatic rings. The summed E-state index contributed by atoms with van der Waals surface area (Å²) >= 11 is 0. The molecule has 6 heteroatoms. The third-order valence-corrected chi connectivity index (χ3v) is 5.06. The average molecular weight is 283 g/mol. The molecule has 19 heavy (non-hydrogen) atoms. The lowest BCUT2D eigenvalue weighted by Gasteiger charge is -2.14. The molecule has 5 nitrogen and oxygen atoms in total. The number of aliphatic hydroxyl groups is 1. The summed E-state index contributed by atoms with van der Waals surface area (Å²) in [4.78, 5) is 13.3. The van der Waals surface area contributed by atoms with Crippen LogP contribution in [0.1, 0.15) is 18.9 Å². The number of benzene rings is 1. The fourth-order valence-electron chi connectivity index (χ4n) is 2.27. The Hall–Kier alpha value is -1.40. The first kappa shape index (κ1) is 14.0. The van der Waals surface area contributed by atoms with Crippen molar-refractivity contribution in [3.8, 4) is 0 Å². The van der Waals surface area contributed by atoms with E-state index in [4.69, 9.17) is 5.11 Å². The van der Waals surface area contributed by atoms with Crippen LogP contribution in [0.5, 0.6) is 0 Å². The van der Waals surface area contributed by atoms with Crippen LogP contribution in [-0.4, -0.2) is 38.3 Å². The summed E-state index contributed by atoms with van der Waals surface area (Å²) in [5, 5.41) is 8.72. The fourth-order valence-corrected chi connectivity index (χ4v) is 3.61. The third-order valence-electron chi connectivity index (χ3n) is 3.26. The van der Waals surface area contributed by atoms with Gasteiger partial charge in [0.2, 0.25) is 5.91 Å². The maximum absolute atomic E-state index is 12.0. The highest BCUT2D eigenvalue weighted by atomic mass is 32.2. The molecular formula is C13H17NO4S. The molecule has 0 bridgehead atoms. The summed E-state index contributed by atoms with van der Waals surface area (Å²) in [5.74, 6) is -0.0896. The van der Waals surface area contributed by atoms with Gasteiger partial charge in [0.1, 0.15) is 0 Å². The molecule has 0 atom stereocenters. The summed E-state index contributed by atoms with van der Waals surface area (Å²) in [6, 6.07) is 4.87. The number of amides is 1. The van der Waals surface area contributed by atoms with Gasteiger partial charge in [-0.05, 0) is 36.6 Å². The van der Waals surface area contributed by atoms with E-state index < -0.39 is 9.84 Å². The van der Waals surface area contributed by atoms with Gasteiger partial charge >= 0.3 is 0 Å². The molecule has 1 aromatic carbocycles. The van der Waals surface area contributed by atoms with Gasteiger partial charge in [0.25, 0.3) is 0 Å². The number of carbonyl (C=O) groups excluding carboxylic acids is 1. The lowest BCUT2D eigenvalue weighted by molar-refractivity contribution is -0.116. The van der Waals surface area contributed by atoms with E-state index in [1.165, 1.54) is 13.0 Å². The lowest BCUT2D eigenvalue weighted by Crippen LogP contribution is -2.25. The Kier molecular flexibility index (Phi) is 3.91. The number of hydrogen-bond acceptors (Lipinski definition) is 4. The number of fused-ring (bicyclic) bond motifs is 1. The fraction of sp³-hybridized carbons (Fsp3) is 0.462. The van der Waals surface area contributed by atoms with Crippen LogP contribution in [0, 0.1) is 0 Å². The maximum atomic E-state index is 12.0. The lowest BCUT2D eigenvalue weighted by atomic mass is 10.2. The Balaban J connectivity index is 2.31. The molecule has 0 spiro atoms. The van der Waals surface area contributed by atoms with Crippen LogP contribution in [0.3, 0.4) is 0 Å². The number of aliphatic hydroxyl groups excluding tert-OH is 1. The first-order valence-corrected chi connectivity index (χ1v) is 7.85. The first-order valence-electron chi connectivity index (χ1n) is 6.20. The number of anilines is 1. The van der Waals surface area contributed by atoms with Crippen LogP contribution in [0.25, 0.3) is 0 Å². The van der Waals surface area contributed by atoms with Gasteiger partial charge in [0.15, 0.2) is 9.84 Å². The van der Waals surface area contributed by atoms with Crippen LogP contribution in [0.15, 0.2) is 23.1 Å². The van der Waals surface area contributed by atoms with Gasteiger partial charge in [-0.2, -0.15) is 0 Å². The summed E-state index contributed by atoms with van der Waals surface area (Å²) in [6.45, 7) is 1.97. The van der Waals surface area contributed by atoms with E-state index in [-0.39, 0.29) is 29.6 Å². The van der Waals surface area contributed by atoms with Crippen molar-refractivity contribution in [2.24, 2.45) is 0 Å². The summed E-state index contributed by atoms with van der Waals surface area (Å²) in [5.41, 5.74) is 1.69. The minimum atomic E-state index is -3.35. The molecule has 1 amide bonds. The van der Waals surface area contributed by atoms with Crippen LogP contribution in [-0.2, 0) is 21.1 Å². The molecule has 0 saturated carbocycles. The Morgan fingerprint density at radius 3 is 2.79 bits per heavy atom. The molecule has 0 saturated heterocycles. The van der Waals surface area contributed by atoms with Crippen LogP contribution >= 0.6 is 0 Å². The van der Waals surface area contributed by atoms with Crippen LogP contribution in [0.4, 0.5) is 5.69 Å². The van der Waals surface area contributed by atoms with Crippen molar-refractivity contribution < 1.29 is 18.3 Å². The molecule has 1 heterocycles. The topological polar surface area (TPSA) is 74.7 Å². The van der Waals surface area contributed by atoms with Gasteiger partial charge in [-0.3, -0.25) is 4.79 Å². The predicted octanol–water partition coefficient (Wildman–Crippen LogP) is 0.752. The van der Waals surface area contributed by atoms with Crippen LogP contribution < -0.4 is 4.90 Å². The maximum Gasteiger partial charge on any atom is 0.223 e. The molecule has 1 aliphatic heterocycles. The van der Waals surface area contributed by atoms with Crippen molar-refractivity contribution in [3.63, 3.8) is 0 Å². The number of carbonyl (C=O) groups is 1. The molecule has 1 aromatic rings. The quantitative estimate of drug-likeness (QED) is 0.885. The predicted molar refractivity (Wildman–Crippen MR) is 71.9 cm³/mol. The second-order valence-electron chi connectivity index (χ2n) is 4.61. The highest BCUT2D eigenvalue weighted by Crippen LogP contribution is 2.30. The van der Waals surface area contributed by atoms with E-state index >= 15 is 0 Å². The minimum absolute atomic E-state index is 0.0327. The highest BCUT2D eigenvalue weighted by molar-refractivity contribution is 7.91. The van der Waals surface area contributed by atoms with Gasteiger partial charge in [0, 0.05) is 25.8 Å². The second-order valence-corrected chi connectivity index (χ2v) is 6.72. The summed E-state index contributed by atoms with van der Waals surface area (Å²) < 4.78 is 24.0. The molecule has 2 rings (SSSR count). The average Bonchev–Trinajstić information content (AvgIpc) is 2.79. The molecule has 104 valence electrons. The van der Waals surface area contributed by atoms with E-state index in [0.717, 1.165) is 11.3 Å². The zero-order chi connectivity index (χ0) is 14.0. The Bertz CT molecular complexity index is 595. The smallest absolute Gasteiger partial charge is 0.223 e. The van der Waals surface area contributed by atoms with Crippen molar-refractivity contribution in [2.45, 2.75) is 24.7 Å². The minimum Gasteiger partial charge on any atom is -0.396 e. The number of nitrogens with zero attached hydrogens (tertiary/aromatic N) is 1. The van der Waals surface area contributed by atoms with Crippen molar-refractivity contribution in [1.29, 1.82) is 0 Å². The Morgan fingerprint density at radius 2 is 2.16 bits per heavy atom. The zero-order valence-corrected chi connectivity index (χ0v) is 11.6. The molecule has 1 N–H and O–H groups in total. The van der Waals surface area contributed by atoms with E-state index in [1.807, 2.05) is 0 Å². The monoisotopic (exact) mass is 283 g/mol. The van der Waals surface area contributed by atoms with Crippen molar-refractivity contribution in [2.75, 3.05) is 23.8 Å². The molecule has 0 aromatic heterocycles. The summed E-state index contributed by atoms with van der Waals surface area (Å²) in [7, 11) is -3.35. The van der Waals surface area contributed by atoms with E-state index in [0.29, 0.717) is 13.0 Å². The Morgan fingerprint density at radius 1 is 1.42 bits per heavy atom. The second kappa shape index (κ2) is 5.30. The number of rotatable bonds is 4. The molecular weight excluding hydrogens is 266 g/mol. The van der Waals surface area contributed by atoms with Gasteiger partial charge in [0.05, 0.1) is 10.6 Å². The first-order chi connectivity index (χ1) is 8.95. The van der Waals surface area contributed by atoms with Gasteiger partial charge < -0.3 is 10.0 Å². The molecule has 0 radical (unpaired) electrons. The largest absolute Gasteiger partial charge is 0.396 e. The molecule has 0 unspecified atom stereocenters. The van der Waals surface area contributed by atoms with Gasteiger partial charge in [-0.1, -0.05) is 0 Å². The standard InChI is InChI=1S/C13H17NO4S/c1-10(16)14-6-5-11-9-12(3-4-13(11)14)19(17,18)8-2-7-15/h3-4,9,15H,2,5-8H2,1H3. The van der Waals surface area contributed by atoms with Gasteiger partial charge in [-0.15, -0.1) is 0 Å². The zero-order valence-electron chi connectivity index (χ0n) is 10.8.